The summed E-state index contributed by atoms with van der Waals surface area (Å²) < 4.78 is 14.7. The van der Waals surface area contributed by atoms with Gasteiger partial charge in [0, 0.05) is 27.9 Å². The smallest absolute Gasteiger partial charge is 0.253 e. The van der Waals surface area contributed by atoms with Crippen LogP contribution in [0.15, 0.2) is 72.8 Å². The third kappa shape index (κ3) is 3.52. The van der Waals surface area contributed by atoms with Gasteiger partial charge in [0.1, 0.15) is 11.4 Å². The van der Waals surface area contributed by atoms with Crippen LogP contribution in [0.4, 0.5) is 15.8 Å². The van der Waals surface area contributed by atoms with Crippen molar-refractivity contribution in [2.24, 2.45) is 17.8 Å². The molecule has 3 aromatic carbocycles. The predicted molar refractivity (Wildman–Crippen MR) is 143 cm³/mol. The maximum atomic E-state index is 14.7. The number of anilines is 2. The summed E-state index contributed by atoms with van der Waals surface area (Å²) >= 11 is 6.20. The molecule has 0 aliphatic carbocycles. The van der Waals surface area contributed by atoms with Crippen LogP contribution in [0.1, 0.15) is 31.4 Å². The number of hydrogen-bond acceptors (Lipinski definition) is 4. The first-order valence-electron chi connectivity index (χ1n) is 12.8. The highest BCUT2D eigenvalue weighted by Crippen LogP contribution is 2.56. The molecule has 2 saturated heterocycles. The molecule has 0 radical (unpaired) electrons. The van der Waals surface area contributed by atoms with Gasteiger partial charge in [-0.05, 0) is 42.7 Å². The van der Waals surface area contributed by atoms with Crippen molar-refractivity contribution in [1.29, 1.82) is 0 Å². The van der Waals surface area contributed by atoms with Crippen molar-refractivity contribution in [3.8, 4) is 0 Å². The number of hydrogen-bond donors (Lipinski definition) is 1. The topological polar surface area (TPSA) is 69.7 Å². The number of halogens is 2. The van der Waals surface area contributed by atoms with E-state index in [1.165, 1.54) is 15.9 Å². The van der Waals surface area contributed by atoms with E-state index in [4.69, 9.17) is 11.6 Å². The zero-order valence-corrected chi connectivity index (χ0v) is 21.8. The van der Waals surface area contributed by atoms with Gasteiger partial charge in [0.2, 0.25) is 11.8 Å². The molecule has 3 aromatic rings. The van der Waals surface area contributed by atoms with Crippen LogP contribution in [0.3, 0.4) is 0 Å². The lowest BCUT2D eigenvalue weighted by Gasteiger charge is -2.31. The first kappa shape index (κ1) is 24.8. The van der Waals surface area contributed by atoms with Crippen molar-refractivity contribution in [3.05, 3.63) is 94.8 Å². The van der Waals surface area contributed by atoms with E-state index in [0.29, 0.717) is 33.9 Å². The lowest BCUT2D eigenvalue weighted by molar-refractivity contribution is -0.132. The number of para-hydroxylation sites is 1. The highest BCUT2D eigenvalue weighted by Gasteiger charge is 2.71. The van der Waals surface area contributed by atoms with Crippen molar-refractivity contribution >= 4 is 40.7 Å². The van der Waals surface area contributed by atoms with Gasteiger partial charge < -0.3 is 4.90 Å². The molecular formula is C30H27ClFN3O3. The number of benzene rings is 3. The quantitative estimate of drug-likeness (QED) is 0.468. The van der Waals surface area contributed by atoms with Crippen LogP contribution in [0, 0.1) is 23.6 Å². The third-order valence-corrected chi connectivity index (χ3v) is 8.18. The number of carbonyl (C=O) groups is 3. The first-order chi connectivity index (χ1) is 18.2. The average Bonchev–Trinajstić information content (AvgIpc) is 3.44. The maximum absolute atomic E-state index is 14.7. The number of nitrogens with one attached hydrogen (secondary N) is 1. The van der Waals surface area contributed by atoms with Gasteiger partial charge in [-0.3, -0.25) is 19.7 Å². The summed E-state index contributed by atoms with van der Waals surface area (Å²) in [5, 5.41) is 3.91. The Balaban J connectivity index is 1.50. The van der Waals surface area contributed by atoms with E-state index in [9.17, 15) is 18.8 Å². The Morgan fingerprint density at radius 1 is 0.974 bits per heavy atom. The second kappa shape index (κ2) is 9.03. The highest BCUT2D eigenvalue weighted by molar-refractivity contribution is 6.31. The minimum atomic E-state index is -1.44. The van der Waals surface area contributed by atoms with E-state index in [0.717, 1.165) is 0 Å². The molecule has 6 rings (SSSR count). The molecule has 3 heterocycles. The molecule has 4 atom stereocenters. The molecule has 3 aliphatic heterocycles. The highest BCUT2D eigenvalue weighted by atomic mass is 35.5. The predicted octanol–water partition coefficient (Wildman–Crippen LogP) is 5.04. The second-order valence-corrected chi connectivity index (χ2v) is 11.1. The van der Waals surface area contributed by atoms with Crippen LogP contribution in [-0.4, -0.2) is 23.8 Å². The number of nitrogens with zero attached hydrogens (tertiary/aromatic N) is 2. The maximum Gasteiger partial charge on any atom is 0.253 e. The molecule has 0 aromatic heterocycles. The molecule has 38 heavy (non-hydrogen) atoms. The van der Waals surface area contributed by atoms with Gasteiger partial charge in [-0.2, -0.15) is 0 Å². The summed E-state index contributed by atoms with van der Waals surface area (Å²) in [6.45, 7) is 4.11. The van der Waals surface area contributed by atoms with Crippen LogP contribution in [-0.2, 0) is 26.5 Å². The number of carbonyl (C=O) groups excluding carboxylic acids is 3. The number of imide groups is 1. The normalized spacial score (nSPS) is 26.1. The Hall–Kier alpha value is -3.55. The van der Waals surface area contributed by atoms with E-state index in [-0.39, 0.29) is 24.3 Å². The van der Waals surface area contributed by atoms with E-state index in [1.54, 1.807) is 42.5 Å². The lowest BCUT2D eigenvalue weighted by Crippen LogP contribution is -2.55. The molecule has 1 spiro atoms. The number of fused-ring (bicyclic) bond motifs is 4. The first-order valence-corrected chi connectivity index (χ1v) is 13.2. The Morgan fingerprint density at radius 3 is 2.45 bits per heavy atom. The van der Waals surface area contributed by atoms with E-state index >= 15 is 0 Å². The number of rotatable bonds is 5. The lowest BCUT2D eigenvalue weighted by atomic mass is 9.76. The second-order valence-electron chi connectivity index (χ2n) is 10.7. The molecule has 6 nitrogen and oxygen atoms in total. The standard InChI is InChI=1S/C30H27ClFN3O3/c1-17(2)14-23-25-26(28(37)35(27(25)36)20-10-7-9-19(31)15-20)30(33-23)21-11-4-6-13-24(21)34(29(30)38)16-18-8-3-5-12-22(18)32/h3-13,15,17,23,25-26,33H,14,16H2,1-2H3/t23-,25+,26+,30+/m1/s1. The Morgan fingerprint density at radius 2 is 1.71 bits per heavy atom. The summed E-state index contributed by atoms with van der Waals surface area (Å²) in [6.07, 6.45) is 0.605. The van der Waals surface area contributed by atoms with Crippen LogP contribution >= 0.6 is 11.6 Å². The Bertz CT molecular complexity index is 1480. The molecule has 1 N–H and O–H groups in total. The van der Waals surface area contributed by atoms with Crippen molar-refractivity contribution in [1.82, 2.24) is 5.32 Å². The molecule has 8 heteroatoms. The van der Waals surface area contributed by atoms with Crippen molar-refractivity contribution in [3.63, 3.8) is 0 Å². The van der Waals surface area contributed by atoms with Crippen molar-refractivity contribution in [2.45, 2.75) is 38.4 Å². The fourth-order valence-electron chi connectivity index (χ4n) is 6.48. The van der Waals surface area contributed by atoms with Gasteiger partial charge in [-0.1, -0.05) is 67.9 Å². The van der Waals surface area contributed by atoms with Crippen LogP contribution in [0.5, 0.6) is 0 Å². The summed E-state index contributed by atoms with van der Waals surface area (Å²) in [7, 11) is 0. The average molecular weight is 532 g/mol. The molecule has 0 unspecified atom stereocenters. The van der Waals surface area contributed by atoms with E-state index in [2.05, 4.69) is 5.32 Å². The molecular weight excluding hydrogens is 505 g/mol. The molecule has 194 valence electrons. The minimum Gasteiger partial charge on any atom is -0.306 e. The fraction of sp³-hybridized carbons (Fsp3) is 0.300. The largest absolute Gasteiger partial charge is 0.306 e. The van der Waals surface area contributed by atoms with Gasteiger partial charge >= 0.3 is 0 Å². The molecule has 2 fully saturated rings. The van der Waals surface area contributed by atoms with Crippen molar-refractivity contribution < 1.29 is 18.8 Å². The van der Waals surface area contributed by atoms with Gasteiger partial charge in [-0.25, -0.2) is 9.29 Å². The Kier molecular flexibility index (Phi) is 5.89. The summed E-state index contributed by atoms with van der Waals surface area (Å²) in [5.41, 5.74) is 0.569. The monoisotopic (exact) mass is 531 g/mol. The van der Waals surface area contributed by atoms with Crippen LogP contribution in [0.25, 0.3) is 0 Å². The molecule has 0 bridgehead atoms. The SMILES string of the molecule is CC(C)C[C@H]1N[C@]2(C(=O)N(Cc3ccccc3F)c3ccccc32)[C@@H]2C(=O)N(c3cccc(Cl)c3)C(=O)[C@H]21. The van der Waals surface area contributed by atoms with Gasteiger partial charge in [0.05, 0.1) is 24.1 Å². The van der Waals surface area contributed by atoms with Gasteiger partial charge in [0.25, 0.3) is 5.91 Å². The van der Waals surface area contributed by atoms with Crippen LogP contribution in [0.2, 0.25) is 5.02 Å². The van der Waals surface area contributed by atoms with E-state index < -0.39 is 35.1 Å². The van der Waals surface area contributed by atoms with Gasteiger partial charge in [0.15, 0.2) is 0 Å². The van der Waals surface area contributed by atoms with Crippen LogP contribution < -0.4 is 15.1 Å². The summed E-state index contributed by atoms with van der Waals surface area (Å²) in [5.74, 6) is -2.99. The van der Waals surface area contributed by atoms with Gasteiger partial charge in [-0.15, -0.1) is 0 Å². The third-order valence-electron chi connectivity index (χ3n) is 7.94. The minimum absolute atomic E-state index is 0.0122. The van der Waals surface area contributed by atoms with E-state index in [1.807, 2.05) is 38.1 Å². The zero-order valence-electron chi connectivity index (χ0n) is 21.0. The number of amides is 3. The zero-order chi connectivity index (χ0) is 26.8. The Labute approximate surface area is 225 Å². The summed E-state index contributed by atoms with van der Waals surface area (Å²) in [6, 6.07) is 19.9. The van der Waals surface area contributed by atoms with Crippen molar-refractivity contribution in [2.75, 3.05) is 9.80 Å². The fourth-order valence-corrected chi connectivity index (χ4v) is 6.67. The summed E-state index contributed by atoms with van der Waals surface area (Å²) in [4.78, 5) is 45.3. The molecule has 0 saturated carbocycles. The molecule has 3 amide bonds. The molecule has 3 aliphatic rings.